The van der Waals surface area contributed by atoms with Gasteiger partial charge in [-0.2, -0.15) is 0 Å². The summed E-state index contributed by atoms with van der Waals surface area (Å²) in [5.41, 5.74) is 1.37. The molecule has 0 spiro atoms. The Morgan fingerprint density at radius 1 is 1.26 bits per heavy atom. The van der Waals surface area contributed by atoms with Gasteiger partial charge < -0.3 is 0 Å². The number of hydrogen-bond acceptors (Lipinski definition) is 5. The van der Waals surface area contributed by atoms with E-state index in [0.717, 1.165) is 20.8 Å². The molecule has 0 atom stereocenters. The smallest absolute Gasteiger partial charge is 0.204 e. The van der Waals surface area contributed by atoms with Crippen molar-refractivity contribution in [1.29, 1.82) is 0 Å². The number of allylic oxidation sites excluding steroid dienone is 3. The standard InChI is InChI=1S/C20H21BrN2O2S2/c1-4-7-18(20-19(26-5-2)8-6-13-22-20)23-14-15(3)27(24,25)17-11-9-16(21)10-12-17/h4,6-14H,5H2,1-3H3/b7-4+,15-14+,23-18+. The molecule has 4 nitrogen and oxygen atoms in total. The largest absolute Gasteiger partial charge is 0.254 e. The number of halogens is 1. The number of nitrogens with zero attached hydrogens (tertiary/aromatic N) is 2. The van der Waals surface area contributed by atoms with Crippen molar-refractivity contribution < 1.29 is 8.42 Å². The summed E-state index contributed by atoms with van der Waals surface area (Å²) in [6.45, 7) is 5.51. The van der Waals surface area contributed by atoms with Gasteiger partial charge in [0.25, 0.3) is 0 Å². The number of aliphatic imine (C=N–C) groups is 1. The fraction of sp³-hybridized carbons (Fsp3) is 0.200. The van der Waals surface area contributed by atoms with E-state index in [0.29, 0.717) is 5.71 Å². The monoisotopic (exact) mass is 464 g/mol. The van der Waals surface area contributed by atoms with Gasteiger partial charge in [-0.1, -0.05) is 28.9 Å². The molecule has 0 bridgehead atoms. The number of sulfone groups is 1. The minimum absolute atomic E-state index is 0.174. The van der Waals surface area contributed by atoms with Crippen LogP contribution in [0.2, 0.25) is 0 Å². The number of rotatable bonds is 7. The highest BCUT2D eigenvalue weighted by Gasteiger charge is 2.17. The Morgan fingerprint density at radius 3 is 2.59 bits per heavy atom. The number of benzene rings is 1. The van der Waals surface area contributed by atoms with Gasteiger partial charge in [0.05, 0.1) is 15.5 Å². The number of aromatic nitrogens is 1. The lowest BCUT2D eigenvalue weighted by molar-refractivity contribution is 0.602. The predicted octanol–water partition coefficient (Wildman–Crippen LogP) is 5.66. The van der Waals surface area contributed by atoms with Gasteiger partial charge in [0.1, 0.15) is 5.69 Å². The van der Waals surface area contributed by atoms with E-state index in [9.17, 15) is 8.42 Å². The molecule has 7 heteroatoms. The zero-order valence-corrected chi connectivity index (χ0v) is 18.6. The molecule has 2 aromatic rings. The second-order valence-electron chi connectivity index (χ2n) is 5.49. The highest BCUT2D eigenvalue weighted by atomic mass is 79.9. The van der Waals surface area contributed by atoms with Crippen LogP contribution in [-0.4, -0.2) is 24.9 Å². The van der Waals surface area contributed by atoms with Gasteiger partial charge in [-0.3, -0.25) is 9.98 Å². The van der Waals surface area contributed by atoms with Gasteiger partial charge in [0, 0.05) is 21.8 Å². The first-order valence-electron chi connectivity index (χ1n) is 8.36. The Balaban J connectivity index is 2.45. The summed E-state index contributed by atoms with van der Waals surface area (Å²) < 4.78 is 26.3. The Labute approximate surface area is 173 Å². The number of thioether (sulfide) groups is 1. The van der Waals surface area contributed by atoms with Crippen LogP contribution in [0.5, 0.6) is 0 Å². The molecule has 0 aliphatic carbocycles. The third-order valence-electron chi connectivity index (χ3n) is 3.57. The molecular formula is C20H21BrN2O2S2. The predicted molar refractivity (Wildman–Crippen MR) is 117 cm³/mol. The second-order valence-corrected chi connectivity index (χ2v) is 9.84. The van der Waals surface area contributed by atoms with E-state index in [2.05, 4.69) is 32.8 Å². The van der Waals surface area contributed by atoms with E-state index in [1.54, 1.807) is 49.1 Å². The average molecular weight is 465 g/mol. The molecule has 0 unspecified atom stereocenters. The third kappa shape index (κ3) is 5.64. The van der Waals surface area contributed by atoms with Gasteiger partial charge >= 0.3 is 0 Å². The van der Waals surface area contributed by atoms with Crippen molar-refractivity contribution in [2.75, 3.05) is 5.75 Å². The third-order valence-corrected chi connectivity index (χ3v) is 6.87. The van der Waals surface area contributed by atoms with Crippen LogP contribution in [0.15, 0.2) is 85.1 Å². The van der Waals surface area contributed by atoms with Crippen LogP contribution in [0.25, 0.3) is 0 Å². The molecule has 0 saturated carbocycles. The van der Waals surface area contributed by atoms with Crippen LogP contribution in [0.4, 0.5) is 0 Å². The Hall–Kier alpha value is -1.70. The molecule has 0 saturated heterocycles. The summed E-state index contributed by atoms with van der Waals surface area (Å²) in [5.74, 6) is 0.911. The summed E-state index contributed by atoms with van der Waals surface area (Å²) >= 11 is 4.99. The second kappa shape index (κ2) is 10.0. The lowest BCUT2D eigenvalue weighted by Crippen LogP contribution is -2.04. The minimum Gasteiger partial charge on any atom is -0.254 e. The lowest BCUT2D eigenvalue weighted by Gasteiger charge is -2.07. The Kier molecular flexibility index (Phi) is 8.01. The van der Waals surface area contributed by atoms with E-state index < -0.39 is 9.84 Å². The summed E-state index contributed by atoms with van der Waals surface area (Å²) in [6, 6.07) is 10.4. The molecule has 142 valence electrons. The van der Waals surface area contributed by atoms with Crippen molar-refractivity contribution in [1.82, 2.24) is 4.98 Å². The Bertz CT molecular complexity index is 979. The summed E-state index contributed by atoms with van der Waals surface area (Å²) in [4.78, 5) is 10.3. The molecule has 1 aromatic heterocycles. The van der Waals surface area contributed by atoms with Crippen LogP contribution in [0.1, 0.15) is 26.5 Å². The van der Waals surface area contributed by atoms with Crippen molar-refractivity contribution in [2.45, 2.75) is 30.6 Å². The highest BCUT2D eigenvalue weighted by molar-refractivity contribution is 9.10. The van der Waals surface area contributed by atoms with Gasteiger partial charge in [-0.05, 0) is 62.1 Å². The van der Waals surface area contributed by atoms with Gasteiger partial charge in [0.15, 0.2) is 0 Å². The fourth-order valence-electron chi connectivity index (χ4n) is 2.23. The normalized spacial score (nSPS) is 13.3. The van der Waals surface area contributed by atoms with E-state index in [1.165, 1.54) is 6.20 Å². The van der Waals surface area contributed by atoms with Crippen LogP contribution >= 0.6 is 27.7 Å². The molecule has 0 aliphatic rings. The van der Waals surface area contributed by atoms with Gasteiger partial charge in [-0.15, -0.1) is 11.8 Å². The molecule has 0 aliphatic heterocycles. The average Bonchev–Trinajstić information content (AvgIpc) is 2.66. The molecule has 0 N–H and O–H groups in total. The first kappa shape index (κ1) is 21.6. The molecule has 1 heterocycles. The zero-order chi connectivity index (χ0) is 19.9. The van der Waals surface area contributed by atoms with Crippen LogP contribution in [-0.2, 0) is 9.84 Å². The maximum atomic E-state index is 12.7. The van der Waals surface area contributed by atoms with E-state index in [-0.39, 0.29) is 9.80 Å². The van der Waals surface area contributed by atoms with Gasteiger partial charge in [0.2, 0.25) is 9.84 Å². The number of pyridine rings is 1. The molecular weight excluding hydrogens is 444 g/mol. The molecule has 1 aromatic carbocycles. The first-order chi connectivity index (χ1) is 12.9. The van der Waals surface area contributed by atoms with E-state index >= 15 is 0 Å². The van der Waals surface area contributed by atoms with Crippen LogP contribution in [0.3, 0.4) is 0 Å². The van der Waals surface area contributed by atoms with Crippen molar-refractivity contribution in [2.24, 2.45) is 4.99 Å². The van der Waals surface area contributed by atoms with Crippen molar-refractivity contribution >= 4 is 43.2 Å². The van der Waals surface area contributed by atoms with Crippen molar-refractivity contribution in [3.05, 3.63) is 76.0 Å². The maximum Gasteiger partial charge on any atom is 0.204 e. The number of hydrogen-bond donors (Lipinski definition) is 0. The molecule has 0 amide bonds. The highest BCUT2D eigenvalue weighted by Crippen LogP contribution is 2.23. The van der Waals surface area contributed by atoms with Crippen molar-refractivity contribution in [3.8, 4) is 0 Å². The topological polar surface area (TPSA) is 59.4 Å². The lowest BCUT2D eigenvalue weighted by atomic mass is 10.2. The summed E-state index contributed by atoms with van der Waals surface area (Å²) in [7, 11) is -3.59. The molecule has 27 heavy (non-hydrogen) atoms. The quantitative estimate of drug-likeness (QED) is 0.391. The summed E-state index contributed by atoms with van der Waals surface area (Å²) in [5, 5.41) is 0. The maximum absolute atomic E-state index is 12.7. The van der Waals surface area contributed by atoms with E-state index in [1.807, 2.05) is 31.2 Å². The minimum atomic E-state index is -3.59. The van der Waals surface area contributed by atoms with E-state index in [4.69, 9.17) is 0 Å². The molecule has 2 rings (SSSR count). The summed E-state index contributed by atoms with van der Waals surface area (Å²) in [6.07, 6.45) is 6.80. The van der Waals surface area contributed by atoms with Crippen LogP contribution in [0, 0.1) is 0 Å². The fourth-order valence-corrected chi connectivity index (χ4v) is 4.33. The SMILES string of the molecule is C/C=C/C(=N\C=C(/C)S(=O)(=O)c1ccc(Br)cc1)c1ncccc1SCC. The molecule has 0 fully saturated rings. The Morgan fingerprint density at radius 2 is 1.96 bits per heavy atom. The first-order valence-corrected chi connectivity index (χ1v) is 11.6. The zero-order valence-electron chi connectivity index (χ0n) is 15.4. The van der Waals surface area contributed by atoms with Crippen LogP contribution < -0.4 is 0 Å². The molecule has 0 radical (unpaired) electrons. The van der Waals surface area contributed by atoms with Crippen molar-refractivity contribution in [3.63, 3.8) is 0 Å². The van der Waals surface area contributed by atoms with Gasteiger partial charge in [-0.25, -0.2) is 8.42 Å².